The first-order valence-corrected chi connectivity index (χ1v) is 11.4. The van der Waals surface area contributed by atoms with Crippen molar-refractivity contribution >= 4 is 29.2 Å². The van der Waals surface area contributed by atoms with E-state index in [1.807, 2.05) is 37.3 Å². The summed E-state index contributed by atoms with van der Waals surface area (Å²) < 4.78 is 15.3. The van der Waals surface area contributed by atoms with Crippen molar-refractivity contribution < 1.29 is 28.6 Å². The fourth-order valence-corrected chi connectivity index (χ4v) is 5.33. The van der Waals surface area contributed by atoms with Crippen LogP contribution in [0.25, 0.3) is 0 Å². The molecule has 33 heavy (non-hydrogen) atoms. The first kappa shape index (κ1) is 24.4. The molecule has 2 heterocycles. The fourth-order valence-electron chi connectivity index (χ4n) is 4.35. The largest absolute Gasteiger partial charge is 0.469 e. The number of aromatic nitrogens is 1. The third-order valence-corrected chi connectivity index (χ3v) is 6.89. The lowest BCUT2D eigenvalue weighted by molar-refractivity contribution is -0.150. The van der Waals surface area contributed by atoms with Crippen LogP contribution in [0.3, 0.4) is 0 Å². The normalized spacial score (nSPS) is 22.3. The van der Waals surface area contributed by atoms with Crippen LogP contribution in [-0.2, 0) is 40.6 Å². The van der Waals surface area contributed by atoms with Gasteiger partial charge in [-0.25, -0.2) is 9.78 Å². The fraction of sp³-hybridized carbons (Fsp3) is 0.417. The summed E-state index contributed by atoms with van der Waals surface area (Å²) in [6, 6.07) is 9.32. The lowest BCUT2D eigenvalue weighted by atomic mass is 9.67. The summed E-state index contributed by atoms with van der Waals surface area (Å²) in [7, 11) is 2.63. The highest BCUT2D eigenvalue weighted by Crippen LogP contribution is 2.49. The molecule has 1 N–H and O–H groups in total. The van der Waals surface area contributed by atoms with Crippen LogP contribution in [0.4, 0.5) is 0 Å². The van der Waals surface area contributed by atoms with E-state index in [0.717, 1.165) is 5.56 Å². The zero-order valence-corrected chi connectivity index (χ0v) is 20.2. The van der Waals surface area contributed by atoms with Gasteiger partial charge in [-0.1, -0.05) is 30.3 Å². The van der Waals surface area contributed by atoms with Crippen LogP contribution in [0.2, 0.25) is 0 Å². The van der Waals surface area contributed by atoms with Crippen molar-refractivity contribution in [2.75, 3.05) is 20.8 Å². The average molecular weight is 473 g/mol. The molecule has 1 aliphatic heterocycles. The van der Waals surface area contributed by atoms with Crippen LogP contribution >= 0.6 is 11.3 Å². The molecule has 0 fully saturated rings. The zero-order chi connectivity index (χ0) is 24.2. The van der Waals surface area contributed by atoms with Gasteiger partial charge in [0.2, 0.25) is 0 Å². The highest BCUT2D eigenvalue weighted by Gasteiger charge is 2.54. The number of nitrogens with one attached hydrogen (secondary N) is 1. The van der Waals surface area contributed by atoms with Gasteiger partial charge < -0.3 is 19.5 Å². The Morgan fingerprint density at radius 3 is 2.45 bits per heavy atom. The minimum atomic E-state index is -1.01. The molecule has 0 aliphatic carbocycles. The molecule has 0 saturated carbocycles. The average Bonchev–Trinajstić information content (AvgIpc) is 3.27. The first-order valence-electron chi connectivity index (χ1n) is 10.6. The van der Waals surface area contributed by atoms with Crippen molar-refractivity contribution in [2.24, 2.45) is 5.92 Å². The number of hydrogen-bond acceptors (Lipinski definition) is 9. The number of carbonyl (C=O) groups is 3. The van der Waals surface area contributed by atoms with Crippen LogP contribution in [0.1, 0.15) is 43.0 Å². The summed E-state index contributed by atoms with van der Waals surface area (Å²) in [6.07, 6.45) is 0.0354. The van der Waals surface area contributed by atoms with Crippen LogP contribution < -0.4 is 5.32 Å². The lowest BCUT2D eigenvalue weighted by Gasteiger charge is -2.45. The summed E-state index contributed by atoms with van der Waals surface area (Å²) in [5, 5.41) is 5.72. The van der Waals surface area contributed by atoms with Crippen molar-refractivity contribution in [1.82, 2.24) is 10.3 Å². The molecule has 1 aromatic heterocycles. The predicted molar refractivity (Wildman–Crippen MR) is 122 cm³/mol. The van der Waals surface area contributed by atoms with Gasteiger partial charge in [-0.2, -0.15) is 0 Å². The molecule has 176 valence electrons. The Hall–Kier alpha value is -3.20. The zero-order valence-electron chi connectivity index (χ0n) is 19.3. The SMILES string of the molecule is CCOC(=O)Cc1csc(C2(C)NC(C)=C(C(=O)OC)C(c3ccccc3)C2C(=O)OC)n1. The van der Waals surface area contributed by atoms with Gasteiger partial charge in [-0.3, -0.25) is 9.59 Å². The number of rotatable bonds is 7. The van der Waals surface area contributed by atoms with Gasteiger partial charge >= 0.3 is 17.9 Å². The van der Waals surface area contributed by atoms with Gasteiger partial charge in [0.05, 0.1) is 44.4 Å². The number of carbonyl (C=O) groups excluding carboxylic acids is 3. The van der Waals surface area contributed by atoms with E-state index >= 15 is 0 Å². The second kappa shape index (κ2) is 10.2. The highest BCUT2D eigenvalue weighted by molar-refractivity contribution is 7.09. The number of methoxy groups -OCH3 is 2. The second-order valence-electron chi connectivity index (χ2n) is 7.87. The van der Waals surface area contributed by atoms with Crippen molar-refractivity contribution in [2.45, 2.75) is 38.6 Å². The summed E-state index contributed by atoms with van der Waals surface area (Å²) in [6.45, 7) is 5.67. The maximum atomic E-state index is 13.2. The number of benzene rings is 1. The first-order chi connectivity index (χ1) is 15.8. The van der Waals surface area contributed by atoms with Crippen molar-refractivity contribution in [3.05, 3.63) is 63.2 Å². The maximum Gasteiger partial charge on any atom is 0.336 e. The van der Waals surface area contributed by atoms with Gasteiger partial charge in [0, 0.05) is 17.0 Å². The summed E-state index contributed by atoms with van der Waals surface area (Å²) in [5.74, 6) is -2.84. The topological polar surface area (TPSA) is 104 Å². The molecule has 1 aliphatic rings. The Kier molecular flexibility index (Phi) is 7.53. The molecule has 0 saturated heterocycles. The molecule has 3 rings (SSSR count). The molecular formula is C24H28N2O6S. The number of nitrogens with zero attached hydrogens (tertiary/aromatic N) is 1. The quantitative estimate of drug-likeness (QED) is 0.484. The van der Waals surface area contributed by atoms with Crippen LogP contribution in [0, 0.1) is 5.92 Å². The van der Waals surface area contributed by atoms with Crippen molar-refractivity contribution in [1.29, 1.82) is 0 Å². The number of thiazole rings is 1. The standard InChI is InChI=1S/C24H28N2O6S/c1-6-32-17(27)12-16-13-33-23(25-16)24(3)20(22(29)31-5)19(15-10-8-7-9-11-15)18(14(2)26-24)21(28)30-4/h7-11,13,19-20,26H,6,12H2,1-5H3. The number of allylic oxidation sites excluding steroid dienone is 1. The maximum absolute atomic E-state index is 13.2. The van der Waals surface area contributed by atoms with Gasteiger partial charge in [-0.15, -0.1) is 11.3 Å². The van der Waals surface area contributed by atoms with E-state index in [1.165, 1.54) is 25.6 Å². The number of esters is 3. The Morgan fingerprint density at radius 1 is 1.15 bits per heavy atom. The lowest BCUT2D eigenvalue weighted by Crippen LogP contribution is -2.55. The van der Waals surface area contributed by atoms with Gasteiger partial charge in [-0.05, 0) is 26.3 Å². The molecule has 0 radical (unpaired) electrons. The molecule has 0 amide bonds. The summed E-state index contributed by atoms with van der Waals surface area (Å²) in [4.78, 5) is 42.6. The molecule has 9 heteroatoms. The van der Waals surface area contributed by atoms with Gasteiger partial charge in [0.15, 0.2) is 0 Å². The predicted octanol–water partition coefficient (Wildman–Crippen LogP) is 3.09. The monoisotopic (exact) mass is 472 g/mol. The molecular weight excluding hydrogens is 444 g/mol. The van der Waals surface area contributed by atoms with E-state index in [-0.39, 0.29) is 12.4 Å². The summed E-state index contributed by atoms with van der Waals surface area (Å²) >= 11 is 1.33. The Morgan fingerprint density at radius 2 is 1.85 bits per heavy atom. The van der Waals surface area contributed by atoms with Crippen molar-refractivity contribution in [3.63, 3.8) is 0 Å². The van der Waals surface area contributed by atoms with Crippen LogP contribution in [0.15, 0.2) is 47.0 Å². The van der Waals surface area contributed by atoms with E-state index in [1.54, 1.807) is 19.2 Å². The van der Waals surface area contributed by atoms with E-state index in [0.29, 0.717) is 28.6 Å². The number of ether oxygens (including phenoxy) is 3. The van der Waals surface area contributed by atoms with Gasteiger partial charge in [0.25, 0.3) is 0 Å². The molecule has 2 aromatic rings. The van der Waals surface area contributed by atoms with Gasteiger partial charge in [0.1, 0.15) is 10.5 Å². The Labute approximate surface area is 197 Å². The van der Waals surface area contributed by atoms with Crippen molar-refractivity contribution in [3.8, 4) is 0 Å². The van der Waals surface area contributed by atoms with E-state index in [9.17, 15) is 14.4 Å². The third-order valence-electron chi connectivity index (χ3n) is 5.76. The number of hydrogen-bond donors (Lipinski definition) is 1. The van der Waals surface area contributed by atoms with E-state index in [4.69, 9.17) is 14.2 Å². The minimum absolute atomic E-state index is 0.0354. The highest BCUT2D eigenvalue weighted by atomic mass is 32.1. The Balaban J connectivity index is 2.16. The molecule has 0 spiro atoms. The summed E-state index contributed by atoms with van der Waals surface area (Å²) in [5.41, 5.74) is 1.27. The minimum Gasteiger partial charge on any atom is -0.469 e. The van der Waals surface area contributed by atoms with E-state index in [2.05, 4.69) is 10.3 Å². The van der Waals surface area contributed by atoms with E-state index < -0.39 is 29.3 Å². The molecule has 8 nitrogen and oxygen atoms in total. The molecule has 0 bridgehead atoms. The molecule has 3 unspecified atom stereocenters. The third kappa shape index (κ3) is 4.78. The molecule has 1 aromatic carbocycles. The smallest absolute Gasteiger partial charge is 0.336 e. The Bertz CT molecular complexity index is 1060. The second-order valence-corrected chi connectivity index (χ2v) is 8.73. The van der Waals surface area contributed by atoms with Crippen LogP contribution in [-0.4, -0.2) is 43.7 Å². The van der Waals surface area contributed by atoms with Crippen LogP contribution in [0.5, 0.6) is 0 Å². The molecule has 3 atom stereocenters.